The van der Waals surface area contributed by atoms with Gasteiger partial charge in [-0.05, 0) is 30.2 Å². The third-order valence-electron chi connectivity index (χ3n) is 5.25. The van der Waals surface area contributed by atoms with Crippen molar-refractivity contribution >= 4 is 39.9 Å². The minimum Gasteiger partial charge on any atom is -0.370 e. The minimum absolute atomic E-state index is 0.155. The van der Waals surface area contributed by atoms with Crippen LogP contribution < -0.4 is 15.1 Å². The Balaban J connectivity index is 1.72. The molecule has 3 aliphatic rings. The SMILES string of the molecule is CN1Cc2ccc3c4c(ccc1c24)N(C1CCC(=O)NC1=O)C3=O. The molecule has 0 aliphatic carbocycles. The van der Waals surface area contributed by atoms with Crippen LogP contribution in [-0.4, -0.2) is 30.8 Å². The third kappa shape index (κ3) is 1.52. The highest BCUT2D eigenvalue weighted by molar-refractivity contribution is 6.29. The quantitative estimate of drug-likeness (QED) is 0.809. The molecule has 0 aromatic heterocycles. The van der Waals surface area contributed by atoms with E-state index in [-0.39, 0.29) is 18.2 Å². The molecule has 1 fully saturated rings. The number of nitrogens with zero attached hydrogens (tertiary/aromatic N) is 2. The van der Waals surface area contributed by atoms with Gasteiger partial charge in [0.2, 0.25) is 11.8 Å². The van der Waals surface area contributed by atoms with Gasteiger partial charge in [0.25, 0.3) is 5.91 Å². The molecule has 0 saturated carbocycles. The number of carbonyl (C=O) groups excluding carboxylic acids is 3. The maximum absolute atomic E-state index is 13.0. The summed E-state index contributed by atoms with van der Waals surface area (Å²) in [4.78, 5) is 40.4. The summed E-state index contributed by atoms with van der Waals surface area (Å²) in [5.74, 6) is -0.822. The normalized spacial score (nSPS) is 21.9. The Kier molecular flexibility index (Phi) is 2.45. The minimum atomic E-state index is -0.626. The third-order valence-corrected chi connectivity index (χ3v) is 5.25. The Hall–Kier alpha value is -2.89. The van der Waals surface area contributed by atoms with Crippen molar-refractivity contribution < 1.29 is 14.4 Å². The van der Waals surface area contributed by atoms with Crippen LogP contribution in [0.25, 0.3) is 10.8 Å². The Bertz CT molecular complexity index is 966. The highest BCUT2D eigenvalue weighted by Crippen LogP contribution is 2.47. The largest absolute Gasteiger partial charge is 0.370 e. The second-order valence-electron chi connectivity index (χ2n) is 6.62. The van der Waals surface area contributed by atoms with Crippen LogP contribution in [0.15, 0.2) is 24.3 Å². The van der Waals surface area contributed by atoms with E-state index >= 15 is 0 Å². The van der Waals surface area contributed by atoms with E-state index < -0.39 is 11.9 Å². The van der Waals surface area contributed by atoms with E-state index in [9.17, 15) is 14.4 Å². The zero-order chi connectivity index (χ0) is 16.6. The standard InChI is InChI=1S/C18H15N3O3/c1-20-8-9-2-3-10-16-12(5-4-11(20)15(9)16)21(18(10)24)13-6-7-14(22)19-17(13)23/h2-5,13H,6-8H2,1H3,(H,19,22,23). The maximum atomic E-state index is 13.0. The summed E-state index contributed by atoms with van der Waals surface area (Å²) in [6, 6.07) is 7.16. The zero-order valence-electron chi connectivity index (χ0n) is 13.1. The first kappa shape index (κ1) is 13.5. The molecule has 1 saturated heterocycles. The van der Waals surface area contributed by atoms with Gasteiger partial charge in [0, 0.05) is 42.0 Å². The van der Waals surface area contributed by atoms with Crippen molar-refractivity contribution in [3.8, 4) is 0 Å². The van der Waals surface area contributed by atoms with Crippen molar-refractivity contribution in [2.45, 2.75) is 25.4 Å². The van der Waals surface area contributed by atoms with Gasteiger partial charge < -0.3 is 4.90 Å². The van der Waals surface area contributed by atoms with Crippen molar-refractivity contribution in [3.05, 3.63) is 35.4 Å². The molecule has 1 atom stereocenters. The molecule has 2 aromatic rings. The van der Waals surface area contributed by atoms with Gasteiger partial charge in [-0.2, -0.15) is 0 Å². The number of rotatable bonds is 1. The van der Waals surface area contributed by atoms with Crippen LogP contribution in [0, 0.1) is 0 Å². The number of benzene rings is 2. The van der Waals surface area contributed by atoms with Crippen molar-refractivity contribution in [1.82, 2.24) is 5.32 Å². The fraction of sp³-hybridized carbons (Fsp3) is 0.278. The van der Waals surface area contributed by atoms with E-state index in [2.05, 4.69) is 10.2 Å². The van der Waals surface area contributed by atoms with Gasteiger partial charge in [-0.1, -0.05) is 6.07 Å². The molecule has 1 N–H and O–H groups in total. The number of amides is 3. The smallest absolute Gasteiger partial charge is 0.259 e. The molecule has 2 aromatic carbocycles. The highest BCUT2D eigenvalue weighted by atomic mass is 16.2. The van der Waals surface area contributed by atoms with Gasteiger partial charge in [-0.3, -0.25) is 24.6 Å². The molecule has 3 aliphatic heterocycles. The first-order chi connectivity index (χ1) is 11.6. The number of carbonyl (C=O) groups is 3. The Labute approximate surface area is 138 Å². The van der Waals surface area contributed by atoms with Crippen LogP contribution in [0.3, 0.4) is 0 Å². The highest BCUT2D eigenvalue weighted by Gasteiger charge is 2.41. The second kappa shape index (κ2) is 4.35. The van der Waals surface area contributed by atoms with E-state index in [4.69, 9.17) is 0 Å². The zero-order valence-corrected chi connectivity index (χ0v) is 13.1. The Morgan fingerprint density at radius 2 is 1.83 bits per heavy atom. The summed E-state index contributed by atoms with van der Waals surface area (Å²) in [6.07, 6.45) is 0.617. The molecule has 0 bridgehead atoms. The van der Waals surface area contributed by atoms with Crippen LogP contribution in [0.1, 0.15) is 28.8 Å². The van der Waals surface area contributed by atoms with Crippen molar-refractivity contribution in [2.75, 3.05) is 16.8 Å². The lowest BCUT2D eigenvalue weighted by molar-refractivity contribution is -0.134. The summed E-state index contributed by atoms with van der Waals surface area (Å²) in [7, 11) is 2.03. The van der Waals surface area contributed by atoms with Crippen LogP contribution in [0.2, 0.25) is 0 Å². The van der Waals surface area contributed by atoms with Gasteiger partial charge in [0.1, 0.15) is 6.04 Å². The lowest BCUT2D eigenvalue weighted by Gasteiger charge is -2.30. The summed E-state index contributed by atoms with van der Waals surface area (Å²) >= 11 is 0. The van der Waals surface area contributed by atoms with Crippen LogP contribution in [0.4, 0.5) is 11.4 Å². The van der Waals surface area contributed by atoms with Crippen molar-refractivity contribution in [3.63, 3.8) is 0 Å². The number of nitrogens with one attached hydrogen (secondary N) is 1. The summed E-state index contributed by atoms with van der Waals surface area (Å²) in [5, 5.41) is 4.39. The van der Waals surface area contributed by atoms with Gasteiger partial charge in [-0.15, -0.1) is 0 Å². The lowest BCUT2D eigenvalue weighted by Crippen LogP contribution is -2.53. The molecule has 1 unspecified atom stereocenters. The van der Waals surface area contributed by atoms with E-state index in [1.165, 1.54) is 5.56 Å². The topological polar surface area (TPSA) is 69.7 Å². The van der Waals surface area contributed by atoms with Crippen LogP contribution >= 0.6 is 0 Å². The van der Waals surface area contributed by atoms with E-state index in [1.807, 2.05) is 31.3 Å². The lowest BCUT2D eigenvalue weighted by atomic mass is 10.0. The molecule has 24 heavy (non-hydrogen) atoms. The molecule has 0 spiro atoms. The van der Waals surface area contributed by atoms with Gasteiger partial charge >= 0.3 is 0 Å². The number of piperidine rings is 1. The first-order valence-electron chi connectivity index (χ1n) is 8.03. The fourth-order valence-corrected chi connectivity index (χ4v) is 4.18. The summed E-state index contributed by atoms with van der Waals surface area (Å²) < 4.78 is 0. The van der Waals surface area contributed by atoms with E-state index in [0.29, 0.717) is 12.0 Å². The maximum Gasteiger partial charge on any atom is 0.259 e. The van der Waals surface area contributed by atoms with E-state index in [0.717, 1.165) is 28.7 Å². The molecule has 5 rings (SSSR count). The van der Waals surface area contributed by atoms with Crippen LogP contribution in [0.5, 0.6) is 0 Å². The monoisotopic (exact) mass is 321 g/mol. The van der Waals surface area contributed by atoms with Crippen molar-refractivity contribution in [1.29, 1.82) is 0 Å². The molecule has 3 amide bonds. The number of imide groups is 1. The molecule has 0 radical (unpaired) electrons. The molecule has 6 heteroatoms. The Morgan fingerprint density at radius 3 is 2.62 bits per heavy atom. The summed E-state index contributed by atoms with van der Waals surface area (Å²) in [6.45, 7) is 0.822. The first-order valence-corrected chi connectivity index (χ1v) is 8.03. The van der Waals surface area contributed by atoms with E-state index in [1.54, 1.807) is 4.90 Å². The second-order valence-corrected chi connectivity index (χ2v) is 6.62. The number of hydrogen-bond acceptors (Lipinski definition) is 4. The average Bonchev–Trinajstić information content (AvgIpc) is 3.02. The van der Waals surface area contributed by atoms with Crippen molar-refractivity contribution in [2.24, 2.45) is 0 Å². The molecular weight excluding hydrogens is 306 g/mol. The molecule has 120 valence electrons. The fourth-order valence-electron chi connectivity index (χ4n) is 4.18. The number of anilines is 2. The molecular formula is C18H15N3O3. The predicted octanol–water partition coefficient (Wildman–Crippen LogP) is 1.55. The van der Waals surface area contributed by atoms with Gasteiger partial charge in [0.05, 0.1) is 5.69 Å². The van der Waals surface area contributed by atoms with Gasteiger partial charge in [0.15, 0.2) is 0 Å². The number of hydrogen-bond donors (Lipinski definition) is 1. The van der Waals surface area contributed by atoms with Gasteiger partial charge in [-0.25, -0.2) is 0 Å². The predicted molar refractivity (Wildman–Crippen MR) is 89.0 cm³/mol. The molecule has 3 heterocycles. The summed E-state index contributed by atoms with van der Waals surface area (Å²) in [5.41, 5.74) is 3.74. The average molecular weight is 321 g/mol. The molecule has 6 nitrogen and oxygen atoms in total. The Morgan fingerprint density at radius 1 is 1.04 bits per heavy atom. The van der Waals surface area contributed by atoms with Crippen LogP contribution in [-0.2, 0) is 16.1 Å².